The maximum absolute atomic E-state index is 12.9. The Morgan fingerprint density at radius 2 is 1.68 bits per heavy atom. The third kappa shape index (κ3) is 4.52. The zero-order valence-electron chi connectivity index (χ0n) is 16.5. The van der Waals surface area contributed by atoms with E-state index < -0.39 is 0 Å². The Bertz CT molecular complexity index is 915. The van der Waals surface area contributed by atoms with E-state index >= 15 is 0 Å². The Morgan fingerprint density at radius 1 is 1.04 bits per heavy atom. The molecule has 6 nitrogen and oxygen atoms in total. The lowest BCUT2D eigenvalue weighted by atomic mass is 10.0. The highest BCUT2D eigenvalue weighted by molar-refractivity contribution is 5.94. The number of aryl methyl sites for hydroxylation is 1. The van der Waals surface area contributed by atoms with Gasteiger partial charge in [0.05, 0.1) is 13.2 Å². The number of rotatable bonds is 7. The van der Waals surface area contributed by atoms with E-state index in [-0.39, 0.29) is 18.1 Å². The number of nitrogens with one attached hydrogen (secondary N) is 1. The van der Waals surface area contributed by atoms with Crippen LogP contribution in [0, 0.1) is 0 Å². The van der Waals surface area contributed by atoms with Gasteiger partial charge in [0, 0.05) is 25.0 Å². The summed E-state index contributed by atoms with van der Waals surface area (Å²) in [7, 11) is 3.53. The number of carbonyl (C=O) groups excluding carboxylic acids is 1. The first-order valence-electron chi connectivity index (χ1n) is 9.16. The van der Waals surface area contributed by atoms with E-state index in [1.54, 1.807) is 37.6 Å². The SMILES string of the molecule is COc1ccc(C(NC(=O)c2ccc(OC(C)C)cc2)c2nccn2C)cc1. The van der Waals surface area contributed by atoms with Gasteiger partial charge in [0.2, 0.25) is 0 Å². The maximum atomic E-state index is 12.9. The zero-order valence-corrected chi connectivity index (χ0v) is 16.5. The molecule has 0 aliphatic rings. The van der Waals surface area contributed by atoms with Crippen molar-refractivity contribution in [1.82, 2.24) is 14.9 Å². The first-order chi connectivity index (χ1) is 13.5. The van der Waals surface area contributed by atoms with Crippen molar-refractivity contribution in [3.05, 3.63) is 77.9 Å². The van der Waals surface area contributed by atoms with E-state index in [1.165, 1.54) is 0 Å². The number of hydrogen-bond acceptors (Lipinski definition) is 4. The van der Waals surface area contributed by atoms with Gasteiger partial charge < -0.3 is 19.4 Å². The molecule has 1 amide bonds. The van der Waals surface area contributed by atoms with Crippen molar-refractivity contribution < 1.29 is 14.3 Å². The van der Waals surface area contributed by atoms with Crippen molar-refractivity contribution in [1.29, 1.82) is 0 Å². The Balaban J connectivity index is 1.84. The number of hydrogen-bond donors (Lipinski definition) is 1. The van der Waals surface area contributed by atoms with E-state index in [9.17, 15) is 4.79 Å². The Kier molecular flexibility index (Phi) is 5.99. The molecule has 0 spiro atoms. The van der Waals surface area contributed by atoms with Gasteiger partial charge in [-0.2, -0.15) is 0 Å². The smallest absolute Gasteiger partial charge is 0.252 e. The van der Waals surface area contributed by atoms with Gasteiger partial charge in [-0.05, 0) is 55.8 Å². The minimum absolute atomic E-state index is 0.0857. The molecule has 6 heteroatoms. The summed E-state index contributed by atoms with van der Waals surface area (Å²) in [6, 6.07) is 14.3. The molecule has 1 heterocycles. The lowest BCUT2D eigenvalue weighted by molar-refractivity contribution is 0.0941. The molecule has 28 heavy (non-hydrogen) atoms. The molecule has 0 aliphatic heterocycles. The van der Waals surface area contributed by atoms with Crippen LogP contribution in [-0.4, -0.2) is 28.7 Å². The molecule has 1 atom stereocenters. The highest BCUT2D eigenvalue weighted by Crippen LogP contribution is 2.24. The number of nitrogens with zero attached hydrogens (tertiary/aromatic N) is 2. The average Bonchev–Trinajstić information content (AvgIpc) is 3.12. The molecule has 3 rings (SSSR count). The minimum atomic E-state index is -0.384. The van der Waals surface area contributed by atoms with E-state index in [0.29, 0.717) is 5.56 Å². The van der Waals surface area contributed by atoms with Crippen LogP contribution in [0.5, 0.6) is 11.5 Å². The number of ether oxygens (including phenoxy) is 2. The van der Waals surface area contributed by atoms with Crippen LogP contribution in [0.25, 0.3) is 0 Å². The van der Waals surface area contributed by atoms with Crippen LogP contribution in [0.3, 0.4) is 0 Å². The van der Waals surface area contributed by atoms with Crippen molar-refractivity contribution in [2.75, 3.05) is 7.11 Å². The van der Waals surface area contributed by atoms with E-state index in [2.05, 4.69) is 10.3 Å². The third-order valence-electron chi connectivity index (χ3n) is 4.33. The van der Waals surface area contributed by atoms with Crippen LogP contribution < -0.4 is 14.8 Å². The molecule has 0 saturated carbocycles. The number of amides is 1. The summed E-state index contributed by atoms with van der Waals surface area (Å²) in [5.74, 6) is 2.06. The third-order valence-corrected chi connectivity index (χ3v) is 4.33. The van der Waals surface area contributed by atoms with E-state index in [1.807, 2.05) is 55.9 Å². The van der Waals surface area contributed by atoms with Gasteiger partial charge in [-0.25, -0.2) is 4.98 Å². The van der Waals surface area contributed by atoms with Crippen molar-refractivity contribution in [2.45, 2.75) is 26.0 Å². The monoisotopic (exact) mass is 379 g/mol. The predicted molar refractivity (Wildman–Crippen MR) is 108 cm³/mol. The Morgan fingerprint density at radius 3 is 2.21 bits per heavy atom. The number of imidazole rings is 1. The van der Waals surface area contributed by atoms with Crippen molar-refractivity contribution >= 4 is 5.91 Å². The fourth-order valence-corrected chi connectivity index (χ4v) is 2.92. The first kappa shape index (κ1) is 19.5. The number of aromatic nitrogens is 2. The van der Waals surface area contributed by atoms with Crippen LogP contribution in [0.15, 0.2) is 60.9 Å². The summed E-state index contributed by atoms with van der Waals surface area (Å²) < 4.78 is 12.8. The van der Waals surface area contributed by atoms with Crippen LogP contribution in [0.4, 0.5) is 0 Å². The lowest BCUT2D eigenvalue weighted by Gasteiger charge is -2.20. The van der Waals surface area contributed by atoms with Gasteiger partial charge in [-0.1, -0.05) is 12.1 Å². The summed E-state index contributed by atoms with van der Waals surface area (Å²) >= 11 is 0. The molecule has 2 aromatic carbocycles. The summed E-state index contributed by atoms with van der Waals surface area (Å²) in [6.45, 7) is 3.93. The fraction of sp³-hybridized carbons (Fsp3) is 0.273. The largest absolute Gasteiger partial charge is 0.497 e. The molecular weight excluding hydrogens is 354 g/mol. The second-order valence-corrected chi connectivity index (χ2v) is 6.77. The molecular formula is C22H25N3O3. The number of carbonyl (C=O) groups is 1. The van der Waals surface area contributed by atoms with Gasteiger partial charge in [-0.15, -0.1) is 0 Å². The topological polar surface area (TPSA) is 65.4 Å². The zero-order chi connectivity index (χ0) is 20.1. The lowest BCUT2D eigenvalue weighted by Crippen LogP contribution is -2.31. The van der Waals surface area contributed by atoms with Gasteiger partial charge >= 0.3 is 0 Å². The normalized spacial score (nSPS) is 11.9. The van der Waals surface area contributed by atoms with Crippen LogP contribution in [0.1, 0.15) is 41.6 Å². The highest BCUT2D eigenvalue weighted by atomic mass is 16.5. The molecule has 0 bridgehead atoms. The van der Waals surface area contributed by atoms with Crippen LogP contribution in [0.2, 0.25) is 0 Å². The molecule has 146 valence electrons. The van der Waals surface area contributed by atoms with Crippen molar-refractivity contribution in [2.24, 2.45) is 7.05 Å². The molecule has 0 aliphatic carbocycles. The minimum Gasteiger partial charge on any atom is -0.497 e. The molecule has 0 saturated heterocycles. The molecule has 0 radical (unpaired) electrons. The summed E-state index contributed by atoms with van der Waals surface area (Å²) in [5, 5.41) is 3.09. The van der Waals surface area contributed by atoms with Gasteiger partial charge in [0.15, 0.2) is 0 Å². The van der Waals surface area contributed by atoms with Crippen LogP contribution >= 0.6 is 0 Å². The van der Waals surface area contributed by atoms with Crippen LogP contribution in [-0.2, 0) is 7.05 Å². The van der Waals surface area contributed by atoms with E-state index in [4.69, 9.17) is 9.47 Å². The second kappa shape index (κ2) is 8.61. The fourth-order valence-electron chi connectivity index (χ4n) is 2.92. The summed E-state index contributed by atoms with van der Waals surface area (Å²) in [5.41, 5.74) is 1.48. The molecule has 1 aromatic heterocycles. The van der Waals surface area contributed by atoms with Crippen molar-refractivity contribution in [3.8, 4) is 11.5 Å². The highest BCUT2D eigenvalue weighted by Gasteiger charge is 2.21. The average molecular weight is 379 g/mol. The summed E-state index contributed by atoms with van der Waals surface area (Å²) in [4.78, 5) is 17.3. The molecule has 3 aromatic rings. The van der Waals surface area contributed by atoms with Gasteiger partial charge in [0.25, 0.3) is 5.91 Å². The van der Waals surface area contributed by atoms with E-state index in [0.717, 1.165) is 22.9 Å². The molecule has 0 fully saturated rings. The second-order valence-electron chi connectivity index (χ2n) is 6.77. The summed E-state index contributed by atoms with van der Waals surface area (Å²) in [6.07, 6.45) is 3.66. The Hall–Kier alpha value is -3.28. The first-order valence-corrected chi connectivity index (χ1v) is 9.16. The number of benzene rings is 2. The quantitative estimate of drug-likeness (QED) is 0.679. The van der Waals surface area contributed by atoms with Crippen molar-refractivity contribution in [3.63, 3.8) is 0 Å². The standard InChI is InChI=1S/C22H25N3O3/c1-15(2)28-19-11-7-17(8-12-19)22(26)24-20(21-23-13-14-25(21)3)16-5-9-18(27-4)10-6-16/h5-15,20H,1-4H3,(H,24,26). The Labute approximate surface area is 165 Å². The molecule has 1 N–H and O–H groups in total. The van der Waals surface area contributed by atoms with Gasteiger partial charge in [-0.3, -0.25) is 4.79 Å². The predicted octanol–water partition coefficient (Wildman–Crippen LogP) is 3.74. The maximum Gasteiger partial charge on any atom is 0.252 e. The van der Waals surface area contributed by atoms with Gasteiger partial charge in [0.1, 0.15) is 23.4 Å². The molecule has 1 unspecified atom stereocenters. The number of methoxy groups -OCH3 is 1.